The number of rotatable bonds is 6. The van der Waals surface area contributed by atoms with Gasteiger partial charge in [0.2, 0.25) is 11.8 Å². The lowest BCUT2D eigenvalue weighted by Gasteiger charge is -2.34. The minimum absolute atomic E-state index is 0.0151. The number of aromatic nitrogens is 2. The molecule has 182 valence electrons. The highest BCUT2D eigenvalue weighted by atomic mass is 32.2. The molecule has 2 N–H and O–H groups in total. The molecule has 0 bridgehead atoms. The summed E-state index contributed by atoms with van der Waals surface area (Å²) in [6, 6.07) is 11.3. The van der Waals surface area contributed by atoms with Crippen molar-refractivity contribution in [2.24, 2.45) is 0 Å². The summed E-state index contributed by atoms with van der Waals surface area (Å²) in [7, 11) is -3.29. The van der Waals surface area contributed by atoms with Gasteiger partial charge in [-0.25, -0.2) is 18.4 Å². The molecular formula is C26H27N3O5S. The van der Waals surface area contributed by atoms with Crippen LogP contribution in [0.5, 0.6) is 5.88 Å². The summed E-state index contributed by atoms with van der Waals surface area (Å²) < 4.78 is 23.9. The van der Waals surface area contributed by atoms with Gasteiger partial charge in [-0.3, -0.25) is 9.59 Å². The smallest absolute Gasteiger partial charge is 0.229 e. The lowest BCUT2D eigenvalue weighted by molar-refractivity contribution is -0.115. The van der Waals surface area contributed by atoms with Gasteiger partial charge < -0.3 is 10.4 Å². The molecule has 2 heterocycles. The van der Waals surface area contributed by atoms with E-state index >= 15 is 0 Å². The molecule has 8 nitrogen and oxygen atoms in total. The van der Waals surface area contributed by atoms with Gasteiger partial charge in [0.25, 0.3) is 0 Å². The Balaban J connectivity index is 1.52. The van der Waals surface area contributed by atoms with Gasteiger partial charge in [-0.15, -0.1) is 0 Å². The quantitative estimate of drug-likeness (QED) is 0.538. The molecule has 9 heteroatoms. The maximum absolute atomic E-state index is 13.5. The van der Waals surface area contributed by atoms with Crippen LogP contribution in [0.3, 0.4) is 0 Å². The van der Waals surface area contributed by atoms with Gasteiger partial charge in [-0.05, 0) is 62.1 Å². The van der Waals surface area contributed by atoms with Crippen molar-refractivity contribution in [3.63, 3.8) is 0 Å². The number of aromatic hydroxyl groups is 1. The fourth-order valence-electron chi connectivity index (χ4n) is 4.49. The molecule has 1 aliphatic rings. The minimum atomic E-state index is -3.29. The Morgan fingerprint density at radius 3 is 2.57 bits per heavy atom. The maximum Gasteiger partial charge on any atom is 0.229 e. The van der Waals surface area contributed by atoms with E-state index < -0.39 is 15.3 Å². The maximum atomic E-state index is 13.5. The van der Waals surface area contributed by atoms with Crippen molar-refractivity contribution in [3.05, 3.63) is 76.6 Å². The first kappa shape index (κ1) is 24.5. The van der Waals surface area contributed by atoms with Crippen molar-refractivity contribution in [2.75, 3.05) is 11.1 Å². The third-order valence-corrected chi connectivity index (χ3v) is 8.31. The number of pyridine rings is 2. The second kappa shape index (κ2) is 9.22. The van der Waals surface area contributed by atoms with Gasteiger partial charge in [0.1, 0.15) is 5.82 Å². The summed E-state index contributed by atoms with van der Waals surface area (Å²) in [5, 5.41) is 13.0. The van der Waals surface area contributed by atoms with Crippen LogP contribution in [-0.2, 0) is 32.9 Å². The lowest BCUT2D eigenvalue weighted by Crippen LogP contribution is -2.38. The molecule has 0 saturated carbocycles. The average Bonchev–Trinajstić information content (AvgIpc) is 2.82. The van der Waals surface area contributed by atoms with E-state index in [-0.39, 0.29) is 34.6 Å². The van der Waals surface area contributed by atoms with Crippen LogP contribution in [-0.4, -0.2) is 40.9 Å². The molecule has 2 aromatic heterocycles. The molecule has 4 rings (SSSR count). The van der Waals surface area contributed by atoms with Crippen LogP contribution in [0, 0.1) is 6.92 Å². The minimum Gasteiger partial charge on any atom is -0.493 e. The summed E-state index contributed by atoms with van der Waals surface area (Å²) in [4.78, 5) is 34.8. The molecule has 1 atom stereocenters. The van der Waals surface area contributed by atoms with Crippen LogP contribution >= 0.6 is 0 Å². The van der Waals surface area contributed by atoms with E-state index in [1.54, 1.807) is 51.1 Å². The van der Waals surface area contributed by atoms with E-state index in [9.17, 15) is 23.1 Å². The lowest BCUT2D eigenvalue weighted by atomic mass is 9.68. The van der Waals surface area contributed by atoms with Crippen LogP contribution in [0.4, 0.5) is 5.82 Å². The molecule has 0 saturated heterocycles. The number of sulfone groups is 1. The number of benzene rings is 1. The predicted molar refractivity (Wildman–Crippen MR) is 131 cm³/mol. The molecule has 0 fully saturated rings. The Hall–Kier alpha value is -3.59. The van der Waals surface area contributed by atoms with Gasteiger partial charge in [0.05, 0.1) is 28.2 Å². The van der Waals surface area contributed by atoms with Crippen molar-refractivity contribution in [1.82, 2.24) is 9.97 Å². The Labute approximate surface area is 204 Å². The molecule has 1 unspecified atom stereocenters. The number of amides is 1. The van der Waals surface area contributed by atoms with E-state index in [0.717, 1.165) is 0 Å². The number of carbonyl (C=O) groups excluding carboxylic acids is 2. The van der Waals surface area contributed by atoms with Crippen LogP contribution in [0.15, 0.2) is 53.6 Å². The highest BCUT2D eigenvalue weighted by molar-refractivity contribution is 7.91. The van der Waals surface area contributed by atoms with E-state index in [2.05, 4.69) is 15.3 Å². The van der Waals surface area contributed by atoms with Crippen LogP contribution in [0.25, 0.3) is 0 Å². The molecule has 0 spiro atoms. The Morgan fingerprint density at radius 1 is 1.20 bits per heavy atom. The van der Waals surface area contributed by atoms with Gasteiger partial charge in [0.15, 0.2) is 15.6 Å². The number of nitrogens with zero attached hydrogens (tertiary/aromatic N) is 2. The third kappa shape index (κ3) is 4.68. The summed E-state index contributed by atoms with van der Waals surface area (Å²) in [6.45, 7) is 5.19. The molecular weight excluding hydrogens is 466 g/mol. The van der Waals surface area contributed by atoms with Crippen molar-refractivity contribution in [2.45, 2.75) is 50.3 Å². The van der Waals surface area contributed by atoms with Gasteiger partial charge >= 0.3 is 0 Å². The van der Waals surface area contributed by atoms with E-state index in [1.165, 1.54) is 18.3 Å². The second-order valence-corrected chi connectivity index (χ2v) is 11.2. The summed E-state index contributed by atoms with van der Waals surface area (Å²) in [6.07, 6.45) is 2.49. The second-order valence-electron chi connectivity index (χ2n) is 8.95. The number of nitrogens with one attached hydrogen (secondary N) is 1. The number of aryl methyl sites for hydroxylation is 2. The molecule has 1 aromatic carbocycles. The Morgan fingerprint density at radius 2 is 1.91 bits per heavy atom. The van der Waals surface area contributed by atoms with E-state index in [1.807, 2.05) is 0 Å². The predicted octanol–water partition coefficient (Wildman–Crippen LogP) is 3.55. The molecule has 1 aliphatic carbocycles. The SMILES string of the molecule is CCS(=O)(=O)c1ccc(CC(=O)Nc2cc(C)c3c(n2)CCC(C)(c2cccnc2O)C3=O)cc1. The normalized spacial score (nSPS) is 17.6. The Kier molecular flexibility index (Phi) is 6.46. The number of fused-ring (bicyclic) bond motifs is 1. The van der Waals surface area contributed by atoms with E-state index in [0.29, 0.717) is 46.6 Å². The highest BCUT2D eigenvalue weighted by Gasteiger charge is 2.43. The fraction of sp³-hybridized carbons (Fsp3) is 0.308. The summed E-state index contributed by atoms with van der Waals surface area (Å²) in [5.74, 6) is -0.206. The molecule has 0 radical (unpaired) electrons. The van der Waals surface area contributed by atoms with Crippen LogP contribution in [0.1, 0.15) is 53.0 Å². The topological polar surface area (TPSA) is 126 Å². The van der Waals surface area contributed by atoms with Gasteiger partial charge in [0, 0.05) is 17.3 Å². The number of ketones is 1. The molecule has 1 amide bonds. The van der Waals surface area contributed by atoms with Crippen molar-refractivity contribution in [1.29, 1.82) is 0 Å². The van der Waals surface area contributed by atoms with Crippen molar-refractivity contribution < 1.29 is 23.1 Å². The molecule has 3 aromatic rings. The zero-order valence-corrected chi connectivity index (χ0v) is 20.6. The number of carbonyl (C=O) groups is 2. The number of Topliss-reactive ketones (excluding diaryl/α,β-unsaturated/α-hetero) is 1. The monoisotopic (exact) mass is 493 g/mol. The zero-order chi connectivity index (χ0) is 25.4. The van der Waals surface area contributed by atoms with E-state index in [4.69, 9.17) is 0 Å². The standard InChI is InChI=1S/C26H27N3O5S/c1-4-35(33,34)18-9-7-17(8-10-18)15-22(30)29-21-14-16(2)23-20(28-21)11-12-26(3,24(23)31)19-6-5-13-27-25(19)32/h5-10,13-14H,4,11-12,15H2,1-3H3,(H,27,32)(H,28,29,30). The first-order valence-electron chi connectivity index (χ1n) is 11.4. The summed E-state index contributed by atoms with van der Waals surface area (Å²) >= 11 is 0. The fourth-order valence-corrected chi connectivity index (χ4v) is 5.37. The molecule has 35 heavy (non-hydrogen) atoms. The van der Waals surface area contributed by atoms with Crippen molar-refractivity contribution >= 4 is 27.3 Å². The highest BCUT2D eigenvalue weighted by Crippen LogP contribution is 2.41. The van der Waals surface area contributed by atoms with Gasteiger partial charge in [-0.2, -0.15) is 0 Å². The van der Waals surface area contributed by atoms with Gasteiger partial charge in [-0.1, -0.05) is 25.1 Å². The Bertz CT molecular complexity index is 1420. The average molecular weight is 494 g/mol. The largest absolute Gasteiger partial charge is 0.493 e. The number of hydrogen-bond donors (Lipinski definition) is 2. The summed E-state index contributed by atoms with van der Waals surface area (Å²) in [5.41, 5.74) is 2.06. The number of anilines is 1. The third-order valence-electron chi connectivity index (χ3n) is 6.56. The van der Waals surface area contributed by atoms with Crippen LogP contribution in [0.2, 0.25) is 0 Å². The first-order valence-corrected chi connectivity index (χ1v) is 13.0. The van der Waals surface area contributed by atoms with Crippen LogP contribution < -0.4 is 5.32 Å². The first-order chi connectivity index (χ1) is 16.5. The number of hydrogen-bond acceptors (Lipinski definition) is 7. The molecule has 0 aliphatic heterocycles. The zero-order valence-electron chi connectivity index (χ0n) is 19.8. The van der Waals surface area contributed by atoms with Crippen molar-refractivity contribution in [3.8, 4) is 5.88 Å².